The molecule has 0 unspecified atom stereocenters. The van der Waals surface area contributed by atoms with Gasteiger partial charge in [-0.25, -0.2) is 14.4 Å². The molecule has 1 aliphatic heterocycles. The molecule has 0 aliphatic carbocycles. The number of rotatable bonds is 7. The Kier molecular flexibility index (Phi) is 6.32. The fourth-order valence-corrected chi connectivity index (χ4v) is 4.76. The number of piperidine rings is 1. The largest absolute Gasteiger partial charge is 0.366 e. The van der Waals surface area contributed by atoms with Gasteiger partial charge in [-0.2, -0.15) is 9.49 Å². The predicted molar refractivity (Wildman–Crippen MR) is 137 cm³/mol. The van der Waals surface area contributed by atoms with Crippen molar-refractivity contribution in [1.82, 2.24) is 35.0 Å². The molecule has 0 bridgehead atoms. The summed E-state index contributed by atoms with van der Waals surface area (Å²) in [4.78, 5) is 15.6. The maximum atomic E-state index is 14.9. The van der Waals surface area contributed by atoms with E-state index in [9.17, 15) is 8.78 Å². The predicted octanol–water partition coefficient (Wildman–Crippen LogP) is 4.62. The van der Waals surface area contributed by atoms with Gasteiger partial charge in [-0.05, 0) is 55.3 Å². The molecule has 5 aromatic rings. The number of hydrogen-bond donors (Lipinski definition) is 3. The van der Waals surface area contributed by atoms with Gasteiger partial charge in [0.15, 0.2) is 0 Å². The van der Waals surface area contributed by atoms with Crippen molar-refractivity contribution < 1.29 is 8.78 Å². The topological polar surface area (TPSA) is 96.3 Å². The number of anilines is 1. The zero-order valence-electron chi connectivity index (χ0n) is 20.1. The molecule has 0 spiro atoms. The molecule has 1 aliphatic rings. The molecular formula is C27H26F2N8. The highest BCUT2D eigenvalue weighted by molar-refractivity contribution is 5.84. The molecule has 3 N–H and O–H groups in total. The summed E-state index contributed by atoms with van der Waals surface area (Å²) in [5.41, 5.74) is 4.79. The molecule has 0 aromatic carbocycles. The number of halogens is 2. The quantitative estimate of drug-likeness (QED) is 0.282. The molecule has 0 radical (unpaired) electrons. The molecule has 8 nitrogen and oxygen atoms in total. The van der Waals surface area contributed by atoms with Crippen molar-refractivity contribution in [3.05, 3.63) is 89.9 Å². The summed E-state index contributed by atoms with van der Waals surface area (Å²) in [6.07, 6.45) is 12.9. The summed E-state index contributed by atoms with van der Waals surface area (Å²) in [6.45, 7) is 2.31. The first kappa shape index (κ1) is 23.2. The lowest BCUT2D eigenvalue weighted by molar-refractivity contribution is 0.343. The highest BCUT2D eigenvalue weighted by Gasteiger charge is 2.17. The summed E-state index contributed by atoms with van der Waals surface area (Å²) >= 11 is 0. The Bertz CT molecular complexity index is 1540. The third-order valence-electron chi connectivity index (χ3n) is 6.78. The monoisotopic (exact) mass is 500 g/mol. The van der Waals surface area contributed by atoms with Crippen LogP contribution in [0.3, 0.4) is 0 Å². The van der Waals surface area contributed by atoms with Crippen LogP contribution < -0.4 is 10.6 Å². The van der Waals surface area contributed by atoms with Crippen LogP contribution in [0.25, 0.3) is 22.2 Å². The molecule has 0 atom stereocenters. The van der Waals surface area contributed by atoms with Gasteiger partial charge in [-0.15, -0.1) is 0 Å². The highest BCUT2D eigenvalue weighted by Crippen LogP contribution is 2.28. The van der Waals surface area contributed by atoms with Crippen LogP contribution in [0.5, 0.6) is 0 Å². The van der Waals surface area contributed by atoms with Crippen LogP contribution >= 0.6 is 0 Å². The fraction of sp³-hybridized carbons (Fsp3) is 0.259. The summed E-state index contributed by atoms with van der Waals surface area (Å²) in [7, 11) is 0. The second kappa shape index (κ2) is 10.1. The van der Waals surface area contributed by atoms with E-state index in [0.29, 0.717) is 36.0 Å². The molecule has 1 saturated heterocycles. The molecule has 37 heavy (non-hydrogen) atoms. The second-order valence-corrected chi connectivity index (χ2v) is 9.31. The zero-order chi connectivity index (χ0) is 25.2. The van der Waals surface area contributed by atoms with Gasteiger partial charge in [0.05, 0.1) is 18.4 Å². The van der Waals surface area contributed by atoms with E-state index in [4.69, 9.17) is 0 Å². The molecule has 0 amide bonds. The molecule has 188 valence electrons. The van der Waals surface area contributed by atoms with Crippen LogP contribution in [-0.2, 0) is 13.0 Å². The van der Waals surface area contributed by atoms with Gasteiger partial charge in [0.25, 0.3) is 0 Å². The summed E-state index contributed by atoms with van der Waals surface area (Å²) in [6, 6.07) is 7.30. The highest BCUT2D eigenvalue weighted by atomic mass is 19.1. The molecule has 1 fully saturated rings. The van der Waals surface area contributed by atoms with Crippen LogP contribution in [0.15, 0.2) is 61.4 Å². The van der Waals surface area contributed by atoms with Crippen molar-refractivity contribution in [2.24, 2.45) is 0 Å². The lowest BCUT2D eigenvalue weighted by Crippen LogP contribution is -2.29. The number of aromatic amines is 1. The van der Waals surface area contributed by atoms with E-state index in [-0.39, 0.29) is 0 Å². The Morgan fingerprint density at radius 2 is 1.89 bits per heavy atom. The first-order chi connectivity index (χ1) is 18.1. The van der Waals surface area contributed by atoms with Crippen LogP contribution in [-0.4, -0.2) is 42.8 Å². The Labute approximate surface area is 212 Å². The number of nitrogens with one attached hydrogen (secondary N) is 3. The summed E-state index contributed by atoms with van der Waals surface area (Å²) in [5.74, 6) is -0.594. The summed E-state index contributed by atoms with van der Waals surface area (Å²) < 4.78 is 30.3. The van der Waals surface area contributed by atoms with Gasteiger partial charge in [-0.1, -0.05) is 6.07 Å². The molecule has 10 heteroatoms. The van der Waals surface area contributed by atoms with E-state index >= 15 is 0 Å². The first-order valence-electron chi connectivity index (χ1n) is 12.3. The third-order valence-corrected chi connectivity index (χ3v) is 6.78. The van der Waals surface area contributed by atoms with Gasteiger partial charge in [-0.3, -0.25) is 9.67 Å². The SMILES string of the molecule is Fc1cncc(CNc2ccc(Cc3c[nH]c4ncc(-c5cnn(C6CCNCC6)c5)cc34)c(F)n2)c1. The van der Waals surface area contributed by atoms with Crippen LogP contribution in [0, 0.1) is 11.8 Å². The maximum absolute atomic E-state index is 14.9. The van der Waals surface area contributed by atoms with E-state index in [2.05, 4.69) is 52.6 Å². The van der Waals surface area contributed by atoms with Gasteiger partial charge < -0.3 is 15.6 Å². The van der Waals surface area contributed by atoms with Crippen molar-refractivity contribution in [2.75, 3.05) is 18.4 Å². The second-order valence-electron chi connectivity index (χ2n) is 9.31. The number of nitrogens with zero attached hydrogens (tertiary/aromatic N) is 5. The van der Waals surface area contributed by atoms with E-state index in [0.717, 1.165) is 59.9 Å². The van der Waals surface area contributed by atoms with Crippen LogP contribution in [0.2, 0.25) is 0 Å². The Morgan fingerprint density at radius 3 is 2.73 bits per heavy atom. The minimum atomic E-state index is -0.552. The fourth-order valence-electron chi connectivity index (χ4n) is 4.76. The van der Waals surface area contributed by atoms with Gasteiger partial charge in [0.1, 0.15) is 17.3 Å². The van der Waals surface area contributed by atoms with Crippen molar-refractivity contribution in [3.63, 3.8) is 0 Å². The molecule has 6 heterocycles. The number of pyridine rings is 3. The van der Waals surface area contributed by atoms with Crippen molar-refractivity contribution in [3.8, 4) is 11.1 Å². The number of hydrogen-bond acceptors (Lipinski definition) is 6. The van der Waals surface area contributed by atoms with Gasteiger partial charge in [0.2, 0.25) is 5.95 Å². The lowest BCUT2D eigenvalue weighted by Gasteiger charge is -2.22. The lowest BCUT2D eigenvalue weighted by atomic mass is 10.0. The molecular weight excluding hydrogens is 474 g/mol. The zero-order valence-corrected chi connectivity index (χ0v) is 20.1. The smallest absolute Gasteiger partial charge is 0.218 e. The minimum absolute atomic E-state index is 0.293. The van der Waals surface area contributed by atoms with Gasteiger partial charge in [0, 0.05) is 59.8 Å². The molecule has 6 rings (SSSR count). The first-order valence-corrected chi connectivity index (χ1v) is 12.3. The van der Waals surface area contributed by atoms with Crippen LogP contribution in [0.4, 0.5) is 14.6 Å². The van der Waals surface area contributed by atoms with Gasteiger partial charge >= 0.3 is 0 Å². The molecule has 5 aromatic heterocycles. The Balaban J connectivity index is 1.19. The van der Waals surface area contributed by atoms with E-state index in [1.54, 1.807) is 18.3 Å². The minimum Gasteiger partial charge on any atom is -0.366 e. The molecule has 0 saturated carbocycles. The van der Waals surface area contributed by atoms with Crippen LogP contribution in [0.1, 0.15) is 35.6 Å². The normalized spacial score (nSPS) is 14.3. The average molecular weight is 501 g/mol. The number of H-pyrrole nitrogens is 1. The number of aromatic nitrogens is 6. The Hall–Kier alpha value is -4.18. The van der Waals surface area contributed by atoms with E-state index in [1.807, 2.05) is 18.6 Å². The van der Waals surface area contributed by atoms with Crippen molar-refractivity contribution in [2.45, 2.75) is 31.8 Å². The van der Waals surface area contributed by atoms with Crippen molar-refractivity contribution >= 4 is 16.9 Å². The van der Waals surface area contributed by atoms with Crippen molar-refractivity contribution in [1.29, 1.82) is 0 Å². The number of fused-ring (bicyclic) bond motifs is 1. The maximum Gasteiger partial charge on any atom is 0.218 e. The summed E-state index contributed by atoms with van der Waals surface area (Å²) in [5, 5.41) is 11.9. The Morgan fingerprint density at radius 1 is 1.00 bits per heavy atom. The van der Waals surface area contributed by atoms with E-state index in [1.165, 1.54) is 6.07 Å². The average Bonchev–Trinajstić information content (AvgIpc) is 3.57. The standard InChI is InChI=1S/C27H26F2N8/c28-22-7-17(10-31-15-22)11-32-25-2-1-18(26(29)36-25)8-20-13-34-27-24(20)9-19(12-33-27)21-14-35-37(16-21)23-3-5-30-6-4-23/h1-2,7,9-10,12-16,23,30H,3-6,8,11H2,(H,32,36)(H,33,34). The third kappa shape index (κ3) is 5.05. The van der Waals surface area contributed by atoms with E-state index < -0.39 is 11.8 Å².